The second kappa shape index (κ2) is 6.70. The lowest BCUT2D eigenvalue weighted by atomic mass is 9.89. The van der Waals surface area contributed by atoms with Crippen LogP contribution in [-0.2, 0) is 6.18 Å². The first-order valence-electron chi connectivity index (χ1n) is 6.66. The fourth-order valence-corrected chi connectivity index (χ4v) is 1.80. The number of hydrogen-bond donors (Lipinski definition) is 1. The van der Waals surface area contributed by atoms with Crippen LogP contribution in [0.5, 0.6) is 5.75 Å². The van der Waals surface area contributed by atoms with Crippen molar-refractivity contribution in [3.05, 3.63) is 23.8 Å². The second-order valence-corrected chi connectivity index (χ2v) is 5.55. The van der Waals surface area contributed by atoms with E-state index in [1.165, 1.54) is 12.1 Å². The van der Waals surface area contributed by atoms with Crippen molar-refractivity contribution in [2.45, 2.75) is 39.3 Å². The fraction of sp³-hybridized carbons (Fsp3) is 0.533. The van der Waals surface area contributed by atoms with E-state index in [2.05, 4.69) is 6.07 Å². The van der Waals surface area contributed by atoms with Crippen LogP contribution in [0.15, 0.2) is 18.2 Å². The van der Waals surface area contributed by atoms with Crippen molar-refractivity contribution in [2.75, 3.05) is 12.3 Å². The third kappa shape index (κ3) is 5.54. The monoisotopic (exact) mass is 300 g/mol. The summed E-state index contributed by atoms with van der Waals surface area (Å²) in [5.41, 5.74) is 4.14. The van der Waals surface area contributed by atoms with Gasteiger partial charge in [-0.25, -0.2) is 0 Å². The fourth-order valence-electron chi connectivity index (χ4n) is 1.80. The Bertz CT molecular complexity index is 519. The molecule has 0 saturated heterocycles. The molecule has 0 aliphatic carbocycles. The highest BCUT2D eigenvalue weighted by molar-refractivity contribution is 5.49. The molecule has 6 heteroatoms. The molecule has 0 fully saturated rings. The van der Waals surface area contributed by atoms with Gasteiger partial charge in [0.2, 0.25) is 0 Å². The summed E-state index contributed by atoms with van der Waals surface area (Å²) < 4.78 is 43.7. The van der Waals surface area contributed by atoms with Crippen LogP contribution in [0.1, 0.15) is 38.7 Å². The molecule has 1 aromatic rings. The van der Waals surface area contributed by atoms with Crippen LogP contribution in [0.3, 0.4) is 0 Å². The number of ether oxygens (including phenoxy) is 1. The molecule has 0 saturated carbocycles. The number of nitrogens with zero attached hydrogens (tertiary/aromatic N) is 1. The van der Waals surface area contributed by atoms with Gasteiger partial charge in [0.05, 0.1) is 23.7 Å². The standard InChI is InChI=1S/C15H19F3N2O/c1-14(2,10-19)7-3-4-8-21-13-6-5-11(20)9-12(13)15(16,17)18/h5-6,9H,3-4,7-8,20H2,1-2H3. The minimum atomic E-state index is -4.49. The molecule has 1 rings (SSSR count). The van der Waals surface area contributed by atoms with Crippen molar-refractivity contribution in [3.63, 3.8) is 0 Å². The van der Waals surface area contributed by atoms with E-state index >= 15 is 0 Å². The number of nitrogen functional groups attached to an aromatic ring is 1. The van der Waals surface area contributed by atoms with Crippen LogP contribution in [0.4, 0.5) is 18.9 Å². The molecule has 0 spiro atoms. The Kier molecular flexibility index (Phi) is 5.47. The number of alkyl halides is 3. The number of benzene rings is 1. The Balaban J connectivity index is 2.55. The average molecular weight is 300 g/mol. The second-order valence-electron chi connectivity index (χ2n) is 5.55. The Hall–Kier alpha value is -1.90. The number of halogens is 3. The van der Waals surface area contributed by atoms with Crippen LogP contribution < -0.4 is 10.5 Å². The molecule has 1 aromatic carbocycles. The van der Waals surface area contributed by atoms with Gasteiger partial charge in [-0.15, -0.1) is 0 Å². The minimum Gasteiger partial charge on any atom is -0.493 e. The zero-order valence-corrected chi connectivity index (χ0v) is 12.1. The Morgan fingerprint density at radius 1 is 1.24 bits per heavy atom. The summed E-state index contributed by atoms with van der Waals surface area (Å²) >= 11 is 0. The lowest BCUT2D eigenvalue weighted by Crippen LogP contribution is -2.11. The summed E-state index contributed by atoms with van der Waals surface area (Å²) in [5.74, 6) is -0.212. The number of hydrogen-bond acceptors (Lipinski definition) is 3. The number of nitrogens with two attached hydrogens (primary N) is 1. The summed E-state index contributed by atoms with van der Waals surface area (Å²) in [6.45, 7) is 3.83. The van der Waals surface area contributed by atoms with Crippen LogP contribution in [0.2, 0.25) is 0 Å². The third-order valence-electron chi connectivity index (χ3n) is 3.07. The van der Waals surface area contributed by atoms with Crippen LogP contribution in [0, 0.1) is 16.7 Å². The number of nitriles is 1. The first-order valence-corrected chi connectivity index (χ1v) is 6.66. The molecule has 0 atom stereocenters. The van der Waals surface area contributed by atoms with Crippen molar-refractivity contribution >= 4 is 5.69 Å². The number of anilines is 1. The molecule has 0 radical (unpaired) electrons. The van der Waals surface area contributed by atoms with Crippen molar-refractivity contribution in [1.29, 1.82) is 5.26 Å². The molecular formula is C15H19F3N2O. The molecule has 0 heterocycles. The average Bonchev–Trinajstić information content (AvgIpc) is 2.38. The Labute approximate surface area is 122 Å². The largest absolute Gasteiger partial charge is 0.493 e. The molecule has 0 aromatic heterocycles. The maximum Gasteiger partial charge on any atom is 0.420 e. The molecule has 0 unspecified atom stereocenters. The van der Waals surface area contributed by atoms with Crippen LogP contribution >= 0.6 is 0 Å². The molecule has 21 heavy (non-hydrogen) atoms. The van der Waals surface area contributed by atoms with E-state index in [9.17, 15) is 13.2 Å². The summed E-state index contributed by atoms with van der Waals surface area (Å²) in [6, 6.07) is 5.66. The summed E-state index contributed by atoms with van der Waals surface area (Å²) in [5, 5.41) is 8.86. The van der Waals surface area contributed by atoms with Gasteiger partial charge in [0.25, 0.3) is 0 Å². The molecule has 0 aliphatic rings. The molecule has 2 N–H and O–H groups in total. The molecule has 3 nitrogen and oxygen atoms in total. The zero-order valence-electron chi connectivity index (χ0n) is 12.1. The normalized spacial score (nSPS) is 12.0. The van der Waals surface area contributed by atoms with Crippen molar-refractivity contribution in [1.82, 2.24) is 0 Å². The zero-order chi connectivity index (χ0) is 16.1. The van der Waals surface area contributed by atoms with E-state index in [-0.39, 0.29) is 18.0 Å². The molecular weight excluding hydrogens is 281 g/mol. The van der Waals surface area contributed by atoms with Crippen molar-refractivity contribution in [3.8, 4) is 11.8 Å². The maximum absolute atomic E-state index is 12.8. The van der Waals surface area contributed by atoms with Gasteiger partial charge in [-0.2, -0.15) is 18.4 Å². The van der Waals surface area contributed by atoms with Crippen molar-refractivity contribution < 1.29 is 17.9 Å². The van der Waals surface area contributed by atoms with E-state index in [1.54, 1.807) is 0 Å². The van der Waals surface area contributed by atoms with Gasteiger partial charge >= 0.3 is 6.18 Å². The van der Waals surface area contributed by atoms with Gasteiger partial charge in [0.15, 0.2) is 0 Å². The Morgan fingerprint density at radius 2 is 1.90 bits per heavy atom. The molecule has 0 bridgehead atoms. The molecule has 0 aliphatic heterocycles. The lowest BCUT2D eigenvalue weighted by molar-refractivity contribution is -0.138. The van der Waals surface area contributed by atoms with Gasteiger partial charge < -0.3 is 10.5 Å². The highest BCUT2D eigenvalue weighted by atomic mass is 19.4. The summed E-state index contributed by atoms with van der Waals surface area (Å²) in [4.78, 5) is 0. The van der Waals surface area contributed by atoms with E-state index in [0.717, 1.165) is 12.5 Å². The SMILES string of the molecule is CC(C)(C#N)CCCCOc1ccc(N)cc1C(F)(F)F. The smallest absolute Gasteiger partial charge is 0.420 e. The number of rotatable bonds is 6. The first-order chi connectivity index (χ1) is 9.65. The summed E-state index contributed by atoms with van der Waals surface area (Å²) in [7, 11) is 0. The van der Waals surface area contributed by atoms with Crippen LogP contribution in [0.25, 0.3) is 0 Å². The quantitative estimate of drug-likeness (QED) is 0.626. The minimum absolute atomic E-state index is 0.0467. The maximum atomic E-state index is 12.8. The third-order valence-corrected chi connectivity index (χ3v) is 3.07. The van der Waals surface area contributed by atoms with Gasteiger partial charge in [0.1, 0.15) is 5.75 Å². The van der Waals surface area contributed by atoms with Gasteiger partial charge in [0, 0.05) is 5.69 Å². The summed E-state index contributed by atoms with van der Waals surface area (Å²) in [6.07, 6.45) is -2.50. The van der Waals surface area contributed by atoms with E-state index in [1.807, 2.05) is 13.8 Å². The first kappa shape index (κ1) is 17.2. The van der Waals surface area contributed by atoms with Crippen molar-refractivity contribution in [2.24, 2.45) is 5.41 Å². The van der Waals surface area contributed by atoms with Gasteiger partial charge in [-0.1, -0.05) is 0 Å². The lowest BCUT2D eigenvalue weighted by Gasteiger charge is -2.16. The predicted molar refractivity (Wildman–Crippen MR) is 74.6 cm³/mol. The Morgan fingerprint density at radius 3 is 2.48 bits per heavy atom. The van der Waals surface area contributed by atoms with E-state index in [4.69, 9.17) is 15.7 Å². The van der Waals surface area contributed by atoms with E-state index in [0.29, 0.717) is 12.8 Å². The molecule has 0 amide bonds. The van der Waals surface area contributed by atoms with Crippen LogP contribution in [-0.4, -0.2) is 6.61 Å². The topological polar surface area (TPSA) is 59.0 Å². The highest BCUT2D eigenvalue weighted by Crippen LogP contribution is 2.37. The van der Waals surface area contributed by atoms with Gasteiger partial charge in [-0.05, 0) is 51.3 Å². The highest BCUT2D eigenvalue weighted by Gasteiger charge is 2.34. The number of unbranched alkanes of at least 4 members (excludes halogenated alkanes) is 1. The van der Waals surface area contributed by atoms with Gasteiger partial charge in [-0.3, -0.25) is 0 Å². The van der Waals surface area contributed by atoms with E-state index < -0.39 is 17.2 Å². The predicted octanol–water partition coefficient (Wildman–Crippen LogP) is 4.39. The molecule has 116 valence electrons.